The van der Waals surface area contributed by atoms with E-state index in [4.69, 9.17) is 0 Å². The van der Waals surface area contributed by atoms with Gasteiger partial charge in [0.1, 0.15) is 0 Å². The molecule has 0 amide bonds. The molecule has 3 saturated carbocycles. The Balaban J connectivity index is 1.45. The third-order valence-electron chi connectivity index (χ3n) is 6.02. The van der Waals surface area contributed by atoms with Gasteiger partial charge >= 0.3 is 0 Å². The van der Waals surface area contributed by atoms with Crippen LogP contribution in [-0.4, -0.2) is 11.0 Å². The summed E-state index contributed by atoms with van der Waals surface area (Å²) in [5.74, 6) is 4.13. The second kappa shape index (κ2) is 4.59. The first kappa shape index (κ1) is 11.9. The van der Waals surface area contributed by atoms with Crippen LogP contribution in [0.3, 0.4) is 0 Å². The smallest absolute Gasteiger partial charge is 0.0570 e. The highest BCUT2D eigenvalue weighted by Gasteiger charge is 2.53. The maximum absolute atomic E-state index is 4.49. The van der Waals surface area contributed by atoms with Gasteiger partial charge < -0.3 is 5.32 Å². The molecule has 0 saturated heterocycles. The molecule has 0 aromatic carbocycles. The van der Waals surface area contributed by atoms with E-state index in [2.05, 4.69) is 29.4 Å². The minimum absolute atomic E-state index is 0.394. The summed E-state index contributed by atoms with van der Waals surface area (Å²) in [5, 5.41) is 3.88. The first-order valence-electron chi connectivity index (χ1n) is 8.00. The van der Waals surface area contributed by atoms with Crippen LogP contribution in [0.1, 0.15) is 50.8 Å². The second-order valence-corrected chi connectivity index (χ2v) is 6.90. The number of aromatic nitrogens is 1. The Morgan fingerprint density at radius 3 is 2.89 bits per heavy atom. The van der Waals surface area contributed by atoms with Crippen LogP contribution in [0.5, 0.6) is 0 Å². The van der Waals surface area contributed by atoms with Crippen molar-refractivity contribution < 1.29 is 0 Å². The number of rotatable bonds is 3. The lowest BCUT2D eigenvalue weighted by molar-refractivity contribution is 0.199. The molecule has 0 spiro atoms. The van der Waals surface area contributed by atoms with E-state index in [-0.39, 0.29) is 0 Å². The highest BCUT2D eigenvalue weighted by molar-refractivity contribution is 5.11. The minimum Gasteiger partial charge on any atom is -0.306 e. The quantitative estimate of drug-likeness (QED) is 0.894. The molecule has 3 aliphatic rings. The fraction of sp³-hybridized carbons (Fsp3) is 0.706. The van der Waals surface area contributed by atoms with E-state index in [9.17, 15) is 0 Å². The summed E-state index contributed by atoms with van der Waals surface area (Å²) in [7, 11) is 0. The fourth-order valence-electron chi connectivity index (χ4n) is 5.30. The number of nitrogens with zero attached hydrogens (tertiary/aromatic N) is 1. The van der Waals surface area contributed by atoms with Gasteiger partial charge in [-0.15, -0.1) is 0 Å². The molecule has 2 nitrogen and oxygen atoms in total. The van der Waals surface area contributed by atoms with Crippen LogP contribution >= 0.6 is 0 Å². The van der Waals surface area contributed by atoms with Crippen LogP contribution in [0.2, 0.25) is 0 Å². The van der Waals surface area contributed by atoms with Crippen molar-refractivity contribution in [2.75, 3.05) is 0 Å². The predicted molar refractivity (Wildman–Crippen MR) is 76.6 cm³/mol. The molecule has 1 aromatic heterocycles. The van der Waals surface area contributed by atoms with Gasteiger partial charge in [-0.05, 0) is 68.4 Å². The van der Waals surface area contributed by atoms with Crippen molar-refractivity contribution in [3.05, 3.63) is 30.1 Å². The normalized spacial score (nSPS) is 41.4. The third kappa shape index (κ3) is 1.92. The molecule has 3 fully saturated rings. The maximum Gasteiger partial charge on any atom is 0.0570 e. The van der Waals surface area contributed by atoms with E-state index in [1.54, 1.807) is 0 Å². The van der Waals surface area contributed by atoms with E-state index in [0.717, 1.165) is 29.7 Å². The largest absolute Gasteiger partial charge is 0.306 e. The van der Waals surface area contributed by atoms with Gasteiger partial charge in [-0.25, -0.2) is 0 Å². The molecule has 0 radical (unpaired) electrons. The molecule has 1 aromatic rings. The topological polar surface area (TPSA) is 24.9 Å². The van der Waals surface area contributed by atoms with Crippen molar-refractivity contribution >= 4 is 0 Å². The highest BCUT2D eigenvalue weighted by Crippen LogP contribution is 2.58. The molecule has 2 heteroatoms. The van der Waals surface area contributed by atoms with E-state index < -0.39 is 0 Å². The maximum atomic E-state index is 4.49. The van der Waals surface area contributed by atoms with Crippen molar-refractivity contribution in [2.45, 2.75) is 51.1 Å². The van der Waals surface area contributed by atoms with E-state index in [1.165, 1.54) is 37.8 Å². The van der Waals surface area contributed by atoms with Crippen molar-refractivity contribution in [1.29, 1.82) is 0 Å². The van der Waals surface area contributed by atoms with Crippen molar-refractivity contribution in [3.8, 4) is 0 Å². The molecule has 102 valence electrons. The lowest BCUT2D eigenvalue weighted by Crippen LogP contribution is -2.40. The third-order valence-corrected chi connectivity index (χ3v) is 6.02. The molecule has 4 rings (SSSR count). The molecule has 19 heavy (non-hydrogen) atoms. The molecule has 5 unspecified atom stereocenters. The summed E-state index contributed by atoms with van der Waals surface area (Å²) in [5.41, 5.74) is 1.19. The molecular weight excluding hydrogens is 232 g/mol. The minimum atomic E-state index is 0.394. The molecule has 0 aliphatic heterocycles. The zero-order chi connectivity index (χ0) is 12.8. The van der Waals surface area contributed by atoms with Crippen LogP contribution in [0.25, 0.3) is 0 Å². The SMILES string of the molecule is C[C@@H](NC1CC2CC1C1CCCC21)c1ccccn1. The molecule has 1 N–H and O–H groups in total. The Labute approximate surface area is 116 Å². The van der Waals surface area contributed by atoms with Crippen LogP contribution in [-0.2, 0) is 0 Å². The van der Waals surface area contributed by atoms with Crippen molar-refractivity contribution in [2.24, 2.45) is 23.7 Å². The summed E-state index contributed by atoms with van der Waals surface area (Å²) >= 11 is 0. The zero-order valence-corrected chi connectivity index (χ0v) is 11.8. The first-order valence-corrected chi connectivity index (χ1v) is 8.00. The molecule has 3 aliphatic carbocycles. The van der Waals surface area contributed by atoms with Gasteiger partial charge in [0.15, 0.2) is 0 Å². The van der Waals surface area contributed by atoms with E-state index in [1.807, 2.05) is 12.3 Å². The average Bonchev–Trinajstić information content (AvgIpc) is 3.11. The molecule has 6 atom stereocenters. The molecule has 1 heterocycles. The number of nitrogens with one attached hydrogen (secondary N) is 1. The van der Waals surface area contributed by atoms with Gasteiger partial charge in [0.05, 0.1) is 5.69 Å². The lowest BCUT2D eigenvalue weighted by atomic mass is 9.79. The summed E-state index contributed by atoms with van der Waals surface area (Å²) in [4.78, 5) is 4.49. The van der Waals surface area contributed by atoms with Crippen molar-refractivity contribution in [3.63, 3.8) is 0 Å². The Kier molecular flexibility index (Phi) is 2.87. The van der Waals surface area contributed by atoms with Gasteiger partial charge in [-0.2, -0.15) is 0 Å². The van der Waals surface area contributed by atoms with Gasteiger partial charge in [-0.1, -0.05) is 12.5 Å². The summed E-state index contributed by atoms with van der Waals surface area (Å²) < 4.78 is 0. The fourth-order valence-corrected chi connectivity index (χ4v) is 5.30. The van der Waals surface area contributed by atoms with E-state index in [0.29, 0.717) is 6.04 Å². The number of pyridine rings is 1. The zero-order valence-electron chi connectivity index (χ0n) is 11.8. The number of hydrogen-bond acceptors (Lipinski definition) is 2. The predicted octanol–water partition coefficient (Wildman–Crippen LogP) is 3.56. The Morgan fingerprint density at radius 2 is 2.05 bits per heavy atom. The van der Waals surface area contributed by atoms with Gasteiger partial charge in [-0.3, -0.25) is 4.98 Å². The number of hydrogen-bond donors (Lipinski definition) is 1. The van der Waals surface area contributed by atoms with Crippen LogP contribution in [0.4, 0.5) is 0 Å². The van der Waals surface area contributed by atoms with Gasteiger partial charge in [0.25, 0.3) is 0 Å². The van der Waals surface area contributed by atoms with Crippen LogP contribution in [0, 0.1) is 23.7 Å². The Morgan fingerprint density at radius 1 is 1.16 bits per heavy atom. The summed E-state index contributed by atoms with van der Waals surface area (Å²) in [6.07, 6.45) is 9.34. The summed E-state index contributed by atoms with van der Waals surface area (Å²) in [6, 6.07) is 7.38. The summed E-state index contributed by atoms with van der Waals surface area (Å²) in [6.45, 7) is 2.26. The monoisotopic (exact) mass is 256 g/mol. The van der Waals surface area contributed by atoms with Crippen LogP contribution < -0.4 is 5.32 Å². The van der Waals surface area contributed by atoms with E-state index >= 15 is 0 Å². The highest BCUT2D eigenvalue weighted by atomic mass is 15.0. The first-order chi connectivity index (χ1) is 9.33. The second-order valence-electron chi connectivity index (χ2n) is 6.90. The van der Waals surface area contributed by atoms with Gasteiger partial charge in [0.2, 0.25) is 0 Å². The molecule has 2 bridgehead atoms. The number of fused-ring (bicyclic) bond motifs is 5. The van der Waals surface area contributed by atoms with Crippen molar-refractivity contribution in [1.82, 2.24) is 10.3 Å². The Hall–Kier alpha value is -0.890. The standard InChI is InChI=1S/C17H24N2/c1-11(16-7-2-3-8-18-16)19-17-10-12-9-15(17)14-6-4-5-13(12)14/h2-3,7-8,11-15,17,19H,4-6,9-10H2,1H3/t11-,12?,13?,14?,15?,17?/m1/s1. The average molecular weight is 256 g/mol. The van der Waals surface area contributed by atoms with Crippen LogP contribution in [0.15, 0.2) is 24.4 Å². The van der Waals surface area contributed by atoms with Gasteiger partial charge in [0, 0.05) is 18.3 Å². The molecular formula is C17H24N2. The Bertz CT molecular complexity index is 444. The lowest BCUT2D eigenvalue weighted by Gasteiger charge is -2.33.